The summed E-state index contributed by atoms with van der Waals surface area (Å²) in [6, 6.07) is 10.4. The molecule has 0 radical (unpaired) electrons. The molecule has 26 heavy (non-hydrogen) atoms. The lowest BCUT2D eigenvalue weighted by Gasteiger charge is -2.25. The first kappa shape index (κ1) is 20.0. The highest BCUT2D eigenvalue weighted by molar-refractivity contribution is 6.30. The van der Waals surface area contributed by atoms with Crippen molar-refractivity contribution in [3.8, 4) is 0 Å². The Labute approximate surface area is 153 Å². The van der Waals surface area contributed by atoms with Gasteiger partial charge in [-0.25, -0.2) is 4.79 Å². The van der Waals surface area contributed by atoms with Crippen LogP contribution in [0.4, 0.5) is 13.2 Å². The van der Waals surface area contributed by atoms with Crippen molar-refractivity contribution >= 4 is 17.6 Å². The second-order valence-corrected chi connectivity index (χ2v) is 6.05. The van der Waals surface area contributed by atoms with Crippen molar-refractivity contribution in [2.45, 2.75) is 18.2 Å². The quantitative estimate of drug-likeness (QED) is 0.589. The molecule has 2 atom stereocenters. The second-order valence-electron chi connectivity index (χ2n) is 5.61. The van der Waals surface area contributed by atoms with Crippen LogP contribution in [0.25, 0.3) is 0 Å². The summed E-state index contributed by atoms with van der Waals surface area (Å²) >= 11 is 5.86. The summed E-state index contributed by atoms with van der Waals surface area (Å²) in [5, 5.41) is 11.2. The molecule has 0 saturated heterocycles. The lowest BCUT2D eigenvalue weighted by Crippen LogP contribution is -2.19. The van der Waals surface area contributed by atoms with E-state index in [9.17, 15) is 23.1 Å². The molecular weight excluding hydrogens is 369 g/mol. The van der Waals surface area contributed by atoms with E-state index >= 15 is 0 Å². The van der Waals surface area contributed by atoms with E-state index in [1.54, 1.807) is 24.3 Å². The van der Waals surface area contributed by atoms with Gasteiger partial charge in [-0.15, -0.1) is 0 Å². The number of rotatable bonds is 5. The fourth-order valence-corrected chi connectivity index (χ4v) is 2.69. The van der Waals surface area contributed by atoms with Gasteiger partial charge in [-0.3, -0.25) is 0 Å². The minimum absolute atomic E-state index is 0.0257. The summed E-state index contributed by atoms with van der Waals surface area (Å²) in [6.07, 6.45) is -5.78. The van der Waals surface area contributed by atoms with Gasteiger partial charge in [-0.05, 0) is 35.4 Å². The third-order valence-electron chi connectivity index (χ3n) is 3.95. The average molecular weight is 385 g/mol. The minimum Gasteiger partial charge on any atom is -0.466 e. The van der Waals surface area contributed by atoms with Crippen molar-refractivity contribution in [2.24, 2.45) is 0 Å². The smallest absolute Gasteiger partial charge is 0.416 e. The molecule has 0 amide bonds. The number of ether oxygens (including phenoxy) is 1. The van der Waals surface area contributed by atoms with Crippen LogP contribution in [0.5, 0.6) is 0 Å². The van der Waals surface area contributed by atoms with Gasteiger partial charge < -0.3 is 9.84 Å². The summed E-state index contributed by atoms with van der Waals surface area (Å²) < 4.78 is 42.8. The predicted octanol–water partition coefficient (Wildman–Crippen LogP) is 4.91. The molecular formula is C19H16ClF3O3. The van der Waals surface area contributed by atoms with Gasteiger partial charge >= 0.3 is 12.1 Å². The highest BCUT2D eigenvalue weighted by Gasteiger charge is 2.32. The number of carbonyl (C=O) groups excluding carboxylic acids is 1. The van der Waals surface area contributed by atoms with E-state index in [-0.39, 0.29) is 11.1 Å². The van der Waals surface area contributed by atoms with Crippen LogP contribution in [0.2, 0.25) is 5.02 Å². The Morgan fingerprint density at radius 1 is 1.08 bits per heavy atom. The van der Waals surface area contributed by atoms with Crippen LogP contribution < -0.4 is 0 Å². The van der Waals surface area contributed by atoms with Gasteiger partial charge in [0, 0.05) is 16.5 Å². The summed E-state index contributed by atoms with van der Waals surface area (Å²) in [6.45, 7) is 3.68. The molecule has 2 rings (SSSR count). The zero-order chi connectivity index (χ0) is 19.5. The highest BCUT2D eigenvalue weighted by Crippen LogP contribution is 2.38. The Bertz CT molecular complexity index is 783. The fraction of sp³-hybridized carbons (Fsp3) is 0.211. The van der Waals surface area contributed by atoms with Gasteiger partial charge in [0.15, 0.2) is 0 Å². The lowest BCUT2D eigenvalue weighted by atomic mass is 9.83. The zero-order valence-electron chi connectivity index (χ0n) is 13.8. The van der Waals surface area contributed by atoms with Gasteiger partial charge in [0.1, 0.15) is 0 Å². The number of aliphatic hydroxyl groups excluding tert-OH is 1. The van der Waals surface area contributed by atoms with Gasteiger partial charge in [-0.2, -0.15) is 13.2 Å². The molecule has 0 unspecified atom stereocenters. The summed E-state index contributed by atoms with van der Waals surface area (Å²) in [5.41, 5.74) is -0.120. The lowest BCUT2D eigenvalue weighted by molar-refractivity contribution is -0.138. The Kier molecular flexibility index (Phi) is 6.10. The Morgan fingerprint density at radius 2 is 1.58 bits per heavy atom. The van der Waals surface area contributed by atoms with Crippen LogP contribution in [0.15, 0.2) is 60.7 Å². The van der Waals surface area contributed by atoms with Crippen LogP contribution in [0.3, 0.4) is 0 Å². The Balaban J connectivity index is 2.42. The molecule has 2 aromatic rings. The molecule has 0 aliphatic heterocycles. The van der Waals surface area contributed by atoms with Crippen molar-refractivity contribution in [1.29, 1.82) is 0 Å². The summed E-state index contributed by atoms with van der Waals surface area (Å²) in [4.78, 5) is 11.9. The average Bonchev–Trinajstić information content (AvgIpc) is 2.62. The molecule has 0 aliphatic carbocycles. The van der Waals surface area contributed by atoms with Crippen molar-refractivity contribution in [2.75, 3.05) is 7.11 Å². The number of carbonyl (C=O) groups is 1. The van der Waals surface area contributed by atoms with Crippen LogP contribution in [-0.4, -0.2) is 18.2 Å². The van der Waals surface area contributed by atoms with Gasteiger partial charge in [0.2, 0.25) is 0 Å². The maximum atomic E-state index is 12.7. The van der Waals surface area contributed by atoms with Crippen molar-refractivity contribution in [1.82, 2.24) is 0 Å². The van der Waals surface area contributed by atoms with Crippen LogP contribution in [-0.2, 0) is 15.7 Å². The van der Waals surface area contributed by atoms with E-state index in [1.807, 2.05) is 0 Å². The number of halogens is 4. The molecule has 3 nitrogen and oxygen atoms in total. The van der Waals surface area contributed by atoms with Crippen molar-refractivity contribution < 1.29 is 27.8 Å². The first-order valence-corrected chi connectivity index (χ1v) is 7.90. The van der Waals surface area contributed by atoms with Gasteiger partial charge in [0.25, 0.3) is 0 Å². The third kappa shape index (κ3) is 4.45. The van der Waals surface area contributed by atoms with E-state index in [2.05, 4.69) is 11.3 Å². The van der Waals surface area contributed by atoms with Gasteiger partial charge in [0.05, 0.1) is 18.8 Å². The molecule has 0 fully saturated rings. The molecule has 0 aliphatic rings. The molecule has 0 bridgehead atoms. The van der Waals surface area contributed by atoms with Crippen molar-refractivity contribution in [3.63, 3.8) is 0 Å². The maximum Gasteiger partial charge on any atom is 0.416 e. The molecule has 138 valence electrons. The van der Waals surface area contributed by atoms with E-state index in [0.717, 1.165) is 12.1 Å². The maximum absolute atomic E-state index is 12.7. The first-order valence-electron chi connectivity index (χ1n) is 7.53. The molecule has 0 heterocycles. The normalized spacial score (nSPS) is 13.8. The van der Waals surface area contributed by atoms with Gasteiger partial charge in [-0.1, -0.05) is 42.4 Å². The predicted molar refractivity (Wildman–Crippen MR) is 91.8 cm³/mol. The standard InChI is InChI=1S/C19H16ClF3O3/c1-11(18(25)26-2)16(12-5-9-15(20)10-6-12)17(24)13-3-7-14(8-4-13)19(21,22)23/h3-10,16-17,24H,1H2,2H3/t16-,17+/m0/s1. The van der Waals surface area contributed by atoms with E-state index in [1.165, 1.54) is 19.2 Å². The topological polar surface area (TPSA) is 46.5 Å². The first-order chi connectivity index (χ1) is 12.1. The molecule has 2 aromatic carbocycles. The largest absolute Gasteiger partial charge is 0.466 e. The van der Waals surface area contributed by atoms with E-state index in [4.69, 9.17) is 11.6 Å². The number of alkyl halides is 3. The SMILES string of the molecule is C=C(C(=O)OC)[C@@H](c1ccc(Cl)cc1)[C@H](O)c1ccc(C(F)(F)F)cc1. The molecule has 0 saturated carbocycles. The fourth-order valence-electron chi connectivity index (χ4n) is 2.56. The molecule has 0 spiro atoms. The van der Waals surface area contributed by atoms with Crippen molar-refractivity contribution in [3.05, 3.63) is 82.4 Å². The number of methoxy groups -OCH3 is 1. The summed E-state index contributed by atoms with van der Waals surface area (Å²) in [7, 11) is 1.18. The number of hydrogen-bond acceptors (Lipinski definition) is 3. The van der Waals surface area contributed by atoms with Crippen LogP contribution in [0.1, 0.15) is 28.7 Å². The third-order valence-corrected chi connectivity index (χ3v) is 4.20. The number of benzene rings is 2. The molecule has 7 heteroatoms. The Morgan fingerprint density at radius 3 is 2.04 bits per heavy atom. The van der Waals surface area contributed by atoms with Crippen LogP contribution in [0, 0.1) is 0 Å². The van der Waals surface area contributed by atoms with E-state index < -0.39 is 29.7 Å². The summed E-state index contributed by atoms with van der Waals surface area (Å²) in [5.74, 6) is -1.63. The molecule has 0 aromatic heterocycles. The number of hydrogen-bond donors (Lipinski definition) is 1. The number of aliphatic hydroxyl groups is 1. The highest BCUT2D eigenvalue weighted by atomic mass is 35.5. The zero-order valence-corrected chi connectivity index (χ0v) is 14.5. The number of esters is 1. The van der Waals surface area contributed by atoms with E-state index in [0.29, 0.717) is 10.6 Å². The Hall–Kier alpha value is -2.31. The molecule has 1 N–H and O–H groups in total. The minimum atomic E-state index is -4.48. The second kappa shape index (κ2) is 7.93. The van der Waals surface area contributed by atoms with Crippen LogP contribution >= 0.6 is 11.6 Å². The monoisotopic (exact) mass is 384 g/mol.